The molecule has 0 spiro atoms. The fraction of sp³-hybridized carbons (Fsp3) is 0.0267. The SMILES string of the molecule is C1=CC2c3c(ccc4c5ccccc5n(-c5cccc(-c6cccc(-c7cccc(-c8cccc(-c9cccc(-n%10c%11ccccc%11c%11c%10ccc%10c%12ccccc%12n(-c%12ccccc%12)c%10%11)c9)n8)n7)n6)c5)c34)N(c3ccccc3)C2C=C1. The molecule has 9 aromatic carbocycles. The van der Waals surface area contributed by atoms with E-state index < -0.39 is 0 Å². The molecule has 0 fully saturated rings. The molecule has 7 heterocycles. The number of rotatable bonds is 8. The van der Waals surface area contributed by atoms with Crippen molar-refractivity contribution >= 4 is 76.8 Å². The molecule has 384 valence electrons. The molecule has 0 amide bonds. The zero-order valence-electron chi connectivity index (χ0n) is 44.4. The molecule has 7 nitrogen and oxygen atoms in total. The zero-order chi connectivity index (χ0) is 53.8. The molecule has 2 unspecified atom stereocenters. The number of nitrogens with zero attached hydrogens (tertiary/aromatic N) is 7. The number of anilines is 2. The minimum Gasteiger partial charge on any atom is -0.333 e. The molecule has 17 rings (SSSR count). The number of benzene rings is 9. The van der Waals surface area contributed by atoms with E-state index >= 15 is 0 Å². The summed E-state index contributed by atoms with van der Waals surface area (Å²) in [5.74, 6) is 0.187. The van der Waals surface area contributed by atoms with Crippen LogP contribution in [0.25, 0.3) is 128 Å². The topological polar surface area (TPSA) is 56.7 Å². The van der Waals surface area contributed by atoms with Crippen LogP contribution in [0.15, 0.2) is 285 Å². The van der Waals surface area contributed by atoms with E-state index in [4.69, 9.17) is 15.0 Å². The number of hydrogen-bond donors (Lipinski definition) is 0. The Balaban J connectivity index is 0.721. The molecule has 2 aliphatic rings. The maximum Gasteiger partial charge on any atom is 0.0894 e. The van der Waals surface area contributed by atoms with Crippen molar-refractivity contribution in [3.8, 4) is 62.4 Å². The van der Waals surface area contributed by atoms with E-state index in [2.05, 4.69) is 279 Å². The molecule has 1 aliphatic heterocycles. The van der Waals surface area contributed by atoms with Crippen LogP contribution in [0.3, 0.4) is 0 Å². The summed E-state index contributed by atoms with van der Waals surface area (Å²) in [5.41, 5.74) is 21.1. The molecule has 7 heteroatoms. The van der Waals surface area contributed by atoms with E-state index in [-0.39, 0.29) is 12.0 Å². The van der Waals surface area contributed by atoms with Gasteiger partial charge in [0.25, 0.3) is 0 Å². The van der Waals surface area contributed by atoms with Gasteiger partial charge >= 0.3 is 0 Å². The summed E-state index contributed by atoms with van der Waals surface area (Å²) in [4.78, 5) is 18.4. The molecule has 2 atom stereocenters. The number of allylic oxidation sites excluding steroid dienone is 2. The summed E-state index contributed by atoms with van der Waals surface area (Å²) < 4.78 is 7.32. The van der Waals surface area contributed by atoms with Crippen molar-refractivity contribution in [2.75, 3.05) is 4.90 Å². The summed E-state index contributed by atoms with van der Waals surface area (Å²) in [6.45, 7) is 0. The molecular weight excluding hydrogens is 999 g/mol. The fourth-order valence-electron chi connectivity index (χ4n) is 13.5. The van der Waals surface area contributed by atoms with Gasteiger partial charge in [0.15, 0.2) is 0 Å². The fourth-order valence-corrected chi connectivity index (χ4v) is 13.5. The number of hydrogen-bond acceptors (Lipinski definition) is 4. The maximum absolute atomic E-state index is 5.32. The molecule has 15 aromatic rings. The van der Waals surface area contributed by atoms with Crippen LogP contribution in [0.4, 0.5) is 11.4 Å². The molecule has 0 radical (unpaired) electrons. The minimum atomic E-state index is 0.176. The first-order valence-electron chi connectivity index (χ1n) is 28.1. The first-order chi connectivity index (χ1) is 40.7. The summed E-state index contributed by atoms with van der Waals surface area (Å²) in [7, 11) is 0. The molecule has 0 saturated carbocycles. The summed E-state index contributed by atoms with van der Waals surface area (Å²) in [6.07, 6.45) is 9.13. The molecule has 82 heavy (non-hydrogen) atoms. The molecule has 0 saturated heterocycles. The van der Waals surface area contributed by atoms with Gasteiger partial charge in [0.2, 0.25) is 0 Å². The Morgan fingerprint density at radius 3 is 1.37 bits per heavy atom. The van der Waals surface area contributed by atoms with Gasteiger partial charge in [-0.2, -0.15) is 0 Å². The van der Waals surface area contributed by atoms with E-state index in [1.54, 1.807) is 0 Å². The van der Waals surface area contributed by atoms with Gasteiger partial charge in [-0.05, 0) is 115 Å². The van der Waals surface area contributed by atoms with Crippen LogP contribution in [-0.4, -0.2) is 34.7 Å². The van der Waals surface area contributed by atoms with E-state index in [9.17, 15) is 0 Å². The van der Waals surface area contributed by atoms with Gasteiger partial charge in [-0.3, -0.25) is 0 Å². The molecular formula is C75H49N7. The van der Waals surface area contributed by atoms with Crippen molar-refractivity contribution in [3.63, 3.8) is 0 Å². The Bertz CT molecular complexity index is 5140. The van der Waals surface area contributed by atoms with Crippen LogP contribution in [0, 0.1) is 0 Å². The van der Waals surface area contributed by atoms with Crippen LogP contribution in [0.1, 0.15) is 11.5 Å². The van der Waals surface area contributed by atoms with Crippen molar-refractivity contribution in [2.24, 2.45) is 0 Å². The molecule has 6 aromatic heterocycles. The minimum absolute atomic E-state index is 0.176. The first kappa shape index (κ1) is 46.1. The van der Waals surface area contributed by atoms with Crippen molar-refractivity contribution in [3.05, 3.63) is 291 Å². The Hall–Kier alpha value is -10.9. The Morgan fingerprint density at radius 2 is 0.744 bits per heavy atom. The number of aromatic nitrogens is 6. The van der Waals surface area contributed by atoms with Gasteiger partial charge in [0.1, 0.15) is 0 Å². The normalized spacial score (nSPS) is 14.7. The molecule has 0 N–H and O–H groups in total. The highest BCUT2D eigenvalue weighted by atomic mass is 15.2. The smallest absolute Gasteiger partial charge is 0.0894 e. The van der Waals surface area contributed by atoms with Gasteiger partial charge in [0, 0.05) is 83.4 Å². The summed E-state index contributed by atoms with van der Waals surface area (Å²) >= 11 is 0. The van der Waals surface area contributed by atoms with Crippen LogP contribution in [0.2, 0.25) is 0 Å². The second-order valence-electron chi connectivity index (χ2n) is 21.5. The largest absolute Gasteiger partial charge is 0.333 e. The quantitative estimate of drug-likeness (QED) is 0.152. The second kappa shape index (κ2) is 18.3. The monoisotopic (exact) mass is 1050 g/mol. The lowest BCUT2D eigenvalue weighted by Gasteiger charge is -2.28. The highest BCUT2D eigenvalue weighted by Crippen LogP contribution is 2.52. The predicted molar refractivity (Wildman–Crippen MR) is 338 cm³/mol. The number of para-hydroxylation sites is 5. The Kier molecular flexibility index (Phi) is 10.3. The third-order valence-electron chi connectivity index (χ3n) is 16.9. The van der Waals surface area contributed by atoms with Crippen LogP contribution in [-0.2, 0) is 0 Å². The van der Waals surface area contributed by atoms with Gasteiger partial charge in [-0.15, -0.1) is 0 Å². The third-order valence-corrected chi connectivity index (χ3v) is 16.9. The van der Waals surface area contributed by atoms with Crippen molar-refractivity contribution in [2.45, 2.75) is 12.0 Å². The van der Waals surface area contributed by atoms with Crippen LogP contribution in [0.5, 0.6) is 0 Å². The zero-order valence-corrected chi connectivity index (χ0v) is 44.4. The lowest BCUT2D eigenvalue weighted by molar-refractivity contribution is 0.746. The number of fused-ring (bicyclic) bond motifs is 14. The van der Waals surface area contributed by atoms with Crippen LogP contribution >= 0.6 is 0 Å². The average molecular weight is 1050 g/mol. The average Bonchev–Trinajstić information content (AvgIpc) is 3.29. The van der Waals surface area contributed by atoms with E-state index in [0.717, 1.165) is 73.4 Å². The van der Waals surface area contributed by atoms with Gasteiger partial charge in [-0.1, -0.05) is 170 Å². The predicted octanol–water partition coefficient (Wildman–Crippen LogP) is 18.6. The summed E-state index contributed by atoms with van der Waals surface area (Å²) in [6, 6.07) is 93.5. The summed E-state index contributed by atoms with van der Waals surface area (Å²) in [5, 5.41) is 7.40. The second-order valence-corrected chi connectivity index (χ2v) is 21.5. The highest BCUT2D eigenvalue weighted by Gasteiger charge is 2.40. The Labute approximate surface area is 472 Å². The van der Waals surface area contributed by atoms with E-state index in [1.807, 2.05) is 24.3 Å². The molecule has 1 aliphatic carbocycles. The van der Waals surface area contributed by atoms with Crippen molar-refractivity contribution in [1.82, 2.24) is 28.7 Å². The first-order valence-corrected chi connectivity index (χ1v) is 28.1. The van der Waals surface area contributed by atoms with Gasteiger partial charge in [-0.25, -0.2) is 15.0 Å². The maximum atomic E-state index is 5.32. The van der Waals surface area contributed by atoms with Crippen LogP contribution < -0.4 is 4.90 Å². The van der Waals surface area contributed by atoms with Gasteiger partial charge in [0.05, 0.1) is 73.3 Å². The van der Waals surface area contributed by atoms with Crippen molar-refractivity contribution < 1.29 is 0 Å². The third kappa shape index (κ3) is 7.06. The van der Waals surface area contributed by atoms with E-state index in [0.29, 0.717) is 0 Å². The molecule has 0 bridgehead atoms. The van der Waals surface area contributed by atoms with E-state index in [1.165, 1.54) is 71.3 Å². The van der Waals surface area contributed by atoms with Gasteiger partial charge < -0.3 is 18.6 Å². The lowest BCUT2D eigenvalue weighted by Crippen LogP contribution is -2.28. The Morgan fingerprint density at radius 1 is 0.293 bits per heavy atom. The standard InChI is InChI=1S/C75H49N7/c1-3-22-50(23-4-1)79-68-40-13-9-30-58(68)72-70(79)44-42-57-55-29-8-12-39-67(55)82(75(57)72)53-27-16-21-49(47-53)61-33-18-35-63(77-61)65-37-19-36-64(78-65)62-34-17-32-60(76-62)48-20-15-26-52(46-48)80-69-41-14-10-31-59(69)73-71(80)45-43-56-54-28-7-11-38-66(54)81(74(56)73)51-24-5-2-6-25-51/h1-47,58,68H. The van der Waals surface area contributed by atoms with Crippen molar-refractivity contribution in [1.29, 1.82) is 0 Å². The number of pyridine rings is 3. The highest BCUT2D eigenvalue weighted by molar-refractivity contribution is 6.26. The lowest BCUT2D eigenvalue weighted by atomic mass is 9.90.